The number of methoxy groups -OCH3 is 1. The van der Waals surface area contributed by atoms with Crippen LogP contribution in [-0.4, -0.2) is 29.9 Å². The molecule has 7 heteroatoms. The van der Waals surface area contributed by atoms with E-state index in [9.17, 15) is 0 Å². The second-order valence-corrected chi connectivity index (χ2v) is 6.73. The molecule has 0 saturated carbocycles. The molecule has 0 amide bonds. The van der Waals surface area contributed by atoms with Crippen molar-refractivity contribution < 1.29 is 4.74 Å². The molecule has 0 saturated heterocycles. The van der Waals surface area contributed by atoms with Gasteiger partial charge in [-0.15, -0.1) is 0 Å². The van der Waals surface area contributed by atoms with Crippen LogP contribution in [0.15, 0.2) is 65.9 Å². The van der Waals surface area contributed by atoms with Crippen molar-refractivity contribution in [3.63, 3.8) is 0 Å². The summed E-state index contributed by atoms with van der Waals surface area (Å²) in [4.78, 5) is 4.32. The topological polar surface area (TPSA) is 63.5 Å². The third-order valence-corrected chi connectivity index (χ3v) is 4.65. The largest absolute Gasteiger partial charge is 0.496 e. The minimum atomic E-state index is 0.0637. The Morgan fingerprint density at radius 1 is 1.25 bits per heavy atom. The van der Waals surface area contributed by atoms with Crippen molar-refractivity contribution in [2.24, 2.45) is 4.99 Å². The first-order valence-corrected chi connectivity index (χ1v) is 9.38. The maximum absolute atomic E-state index is 6.03. The van der Waals surface area contributed by atoms with Gasteiger partial charge in [0.15, 0.2) is 5.96 Å². The lowest BCUT2D eigenvalue weighted by Crippen LogP contribution is -2.38. The summed E-state index contributed by atoms with van der Waals surface area (Å²) in [7, 11) is 3.39. The van der Waals surface area contributed by atoms with Gasteiger partial charge in [-0.05, 0) is 42.8 Å². The van der Waals surface area contributed by atoms with Gasteiger partial charge in [0.2, 0.25) is 0 Å². The van der Waals surface area contributed by atoms with Crippen LogP contribution in [0.25, 0.3) is 5.69 Å². The molecule has 0 radical (unpaired) electrons. The van der Waals surface area contributed by atoms with Gasteiger partial charge in [0.05, 0.1) is 18.8 Å². The van der Waals surface area contributed by atoms with E-state index in [0.717, 1.165) is 22.6 Å². The molecule has 0 aliphatic heterocycles. The van der Waals surface area contributed by atoms with Gasteiger partial charge in [-0.25, -0.2) is 4.68 Å². The van der Waals surface area contributed by atoms with Crippen molar-refractivity contribution in [2.75, 3.05) is 14.2 Å². The molecule has 2 N–H and O–H groups in total. The molecule has 28 heavy (non-hydrogen) atoms. The van der Waals surface area contributed by atoms with E-state index < -0.39 is 0 Å². The highest BCUT2D eigenvalue weighted by Crippen LogP contribution is 2.23. The summed E-state index contributed by atoms with van der Waals surface area (Å²) in [6.45, 7) is 2.66. The Hall–Kier alpha value is -2.99. The van der Waals surface area contributed by atoms with Gasteiger partial charge in [0, 0.05) is 36.6 Å². The van der Waals surface area contributed by atoms with E-state index in [-0.39, 0.29) is 6.04 Å². The fourth-order valence-corrected chi connectivity index (χ4v) is 3.05. The molecular weight excluding hydrogens is 374 g/mol. The average Bonchev–Trinajstić information content (AvgIpc) is 3.26. The lowest BCUT2D eigenvalue weighted by Gasteiger charge is -2.19. The molecule has 0 fully saturated rings. The molecule has 2 aromatic carbocycles. The first-order valence-electron chi connectivity index (χ1n) is 9.00. The lowest BCUT2D eigenvalue weighted by molar-refractivity contribution is 0.409. The Morgan fingerprint density at radius 3 is 2.82 bits per heavy atom. The van der Waals surface area contributed by atoms with Crippen LogP contribution < -0.4 is 15.4 Å². The van der Waals surface area contributed by atoms with Crippen LogP contribution in [-0.2, 0) is 6.54 Å². The zero-order valence-electron chi connectivity index (χ0n) is 16.2. The number of hydrogen-bond acceptors (Lipinski definition) is 3. The number of ether oxygens (including phenoxy) is 1. The monoisotopic (exact) mass is 397 g/mol. The molecule has 3 aromatic rings. The number of aliphatic imine (C=N–C) groups is 1. The van der Waals surface area contributed by atoms with Crippen molar-refractivity contribution in [2.45, 2.75) is 19.5 Å². The Morgan fingerprint density at radius 2 is 2.11 bits per heavy atom. The highest BCUT2D eigenvalue weighted by Gasteiger charge is 2.10. The Labute approximate surface area is 170 Å². The molecule has 146 valence electrons. The fourth-order valence-electron chi connectivity index (χ4n) is 2.88. The third kappa shape index (κ3) is 4.84. The van der Waals surface area contributed by atoms with Crippen LogP contribution in [0.4, 0.5) is 0 Å². The minimum absolute atomic E-state index is 0.0637. The fraction of sp³-hybridized carbons (Fsp3) is 0.238. The summed E-state index contributed by atoms with van der Waals surface area (Å²) < 4.78 is 7.24. The smallest absolute Gasteiger partial charge is 0.191 e. The number of halogens is 1. The summed E-state index contributed by atoms with van der Waals surface area (Å²) in [5.41, 5.74) is 3.16. The van der Waals surface area contributed by atoms with Crippen LogP contribution in [0.1, 0.15) is 24.1 Å². The van der Waals surface area contributed by atoms with Crippen molar-refractivity contribution in [3.05, 3.63) is 77.1 Å². The van der Waals surface area contributed by atoms with E-state index in [4.69, 9.17) is 16.3 Å². The van der Waals surface area contributed by atoms with Crippen LogP contribution in [0.5, 0.6) is 5.75 Å². The lowest BCUT2D eigenvalue weighted by atomic mass is 10.1. The van der Waals surface area contributed by atoms with Crippen molar-refractivity contribution in [1.29, 1.82) is 0 Å². The van der Waals surface area contributed by atoms with Gasteiger partial charge in [-0.3, -0.25) is 4.99 Å². The van der Waals surface area contributed by atoms with Crippen LogP contribution >= 0.6 is 11.6 Å². The Balaban J connectivity index is 1.66. The number of nitrogens with zero attached hydrogens (tertiary/aromatic N) is 3. The first-order chi connectivity index (χ1) is 13.6. The third-order valence-electron chi connectivity index (χ3n) is 4.41. The highest BCUT2D eigenvalue weighted by atomic mass is 35.5. The summed E-state index contributed by atoms with van der Waals surface area (Å²) >= 11 is 6.03. The predicted octanol–water partition coefficient (Wildman–Crippen LogP) is 3.96. The zero-order valence-corrected chi connectivity index (χ0v) is 16.9. The van der Waals surface area contributed by atoms with Gasteiger partial charge < -0.3 is 15.4 Å². The normalized spacial score (nSPS) is 12.5. The maximum atomic E-state index is 6.03. The van der Waals surface area contributed by atoms with Crippen LogP contribution in [0.3, 0.4) is 0 Å². The van der Waals surface area contributed by atoms with Gasteiger partial charge in [0.25, 0.3) is 0 Å². The summed E-state index contributed by atoms with van der Waals surface area (Å²) in [5.74, 6) is 1.45. The van der Waals surface area contributed by atoms with E-state index >= 15 is 0 Å². The number of rotatable bonds is 6. The number of nitrogens with one attached hydrogen (secondary N) is 2. The maximum Gasteiger partial charge on any atom is 0.191 e. The quantitative estimate of drug-likeness (QED) is 0.488. The molecule has 3 rings (SSSR count). The number of aromatic nitrogens is 2. The Bertz CT molecular complexity index is 940. The molecular formula is C21H24ClN5O. The number of benzene rings is 2. The first kappa shape index (κ1) is 19.8. The second-order valence-electron chi connectivity index (χ2n) is 6.29. The second kappa shape index (κ2) is 9.28. The summed E-state index contributed by atoms with van der Waals surface area (Å²) in [6, 6.07) is 15.8. The molecule has 6 nitrogen and oxygen atoms in total. The molecule has 0 spiro atoms. The van der Waals surface area contributed by atoms with Crippen molar-refractivity contribution in [3.8, 4) is 11.4 Å². The predicted molar refractivity (Wildman–Crippen MR) is 113 cm³/mol. The molecule has 1 atom stereocenters. The van der Waals surface area contributed by atoms with Gasteiger partial charge in [-0.2, -0.15) is 5.10 Å². The Kier molecular flexibility index (Phi) is 6.55. The van der Waals surface area contributed by atoms with Gasteiger partial charge in [0.1, 0.15) is 5.75 Å². The zero-order chi connectivity index (χ0) is 19.9. The van der Waals surface area contributed by atoms with E-state index in [0.29, 0.717) is 17.5 Å². The highest BCUT2D eigenvalue weighted by molar-refractivity contribution is 6.30. The molecule has 1 aromatic heterocycles. The molecule has 0 aliphatic carbocycles. The van der Waals surface area contributed by atoms with E-state index in [1.165, 1.54) is 0 Å². The minimum Gasteiger partial charge on any atom is -0.496 e. The molecule has 1 unspecified atom stereocenters. The summed E-state index contributed by atoms with van der Waals surface area (Å²) in [6.07, 6.45) is 3.70. The van der Waals surface area contributed by atoms with Crippen LogP contribution in [0.2, 0.25) is 5.02 Å². The van der Waals surface area contributed by atoms with E-state index in [2.05, 4.69) is 39.8 Å². The van der Waals surface area contributed by atoms with E-state index in [1.54, 1.807) is 26.4 Å². The van der Waals surface area contributed by atoms with Crippen LogP contribution in [0, 0.1) is 0 Å². The SMILES string of the molecule is CN=C(NCc1ccc(Cl)cc1OC)NC(C)c1cccc(-n2cccn2)c1. The number of guanidine groups is 1. The van der Waals surface area contributed by atoms with Gasteiger partial charge in [-0.1, -0.05) is 29.8 Å². The average molecular weight is 398 g/mol. The standard InChI is InChI=1S/C21H24ClN5O/c1-15(16-6-4-7-19(12-16)27-11-5-10-25-27)26-21(23-2)24-14-17-8-9-18(22)13-20(17)28-3/h4-13,15H,14H2,1-3H3,(H2,23,24,26). The van der Waals surface area contributed by atoms with Crippen molar-refractivity contribution in [1.82, 2.24) is 20.4 Å². The van der Waals surface area contributed by atoms with E-state index in [1.807, 2.05) is 41.2 Å². The number of hydrogen-bond donors (Lipinski definition) is 2. The molecule has 0 bridgehead atoms. The summed E-state index contributed by atoms with van der Waals surface area (Å²) in [5, 5.41) is 11.7. The molecule has 1 heterocycles. The van der Waals surface area contributed by atoms with Gasteiger partial charge >= 0.3 is 0 Å². The van der Waals surface area contributed by atoms with Crippen molar-refractivity contribution >= 4 is 17.6 Å². The molecule has 0 aliphatic rings.